The molecule has 0 spiro atoms. The van der Waals surface area contributed by atoms with Gasteiger partial charge < -0.3 is 5.32 Å². The number of benzene rings is 2. The first-order valence-corrected chi connectivity index (χ1v) is 10.4. The van der Waals surface area contributed by atoms with Gasteiger partial charge in [0.25, 0.3) is 0 Å². The molecule has 1 amide bonds. The maximum atomic E-state index is 12.6. The van der Waals surface area contributed by atoms with Crippen LogP contribution in [0.25, 0.3) is 20.2 Å². The Morgan fingerprint density at radius 2 is 1.89 bits per heavy atom. The predicted octanol–water partition coefficient (Wildman–Crippen LogP) is 4.42. The van der Waals surface area contributed by atoms with E-state index < -0.39 is 5.54 Å². The van der Waals surface area contributed by atoms with E-state index in [0.717, 1.165) is 24.0 Å². The number of carbonyl (C=O) groups excluding carboxylic acids is 1. The minimum atomic E-state index is -0.468. The van der Waals surface area contributed by atoms with Gasteiger partial charge in [-0.1, -0.05) is 12.0 Å². The average molecular weight is 388 g/mol. The van der Waals surface area contributed by atoms with E-state index in [4.69, 9.17) is 5.41 Å². The van der Waals surface area contributed by atoms with Crippen LogP contribution >= 0.6 is 11.3 Å². The molecular weight excluding hydrogens is 366 g/mol. The summed E-state index contributed by atoms with van der Waals surface area (Å²) in [5.41, 5.74) is 1.66. The van der Waals surface area contributed by atoms with Crippen molar-refractivity contribution in [1.82, 2.24) is 10.2 Å². The van der Waals surface area contributed by atoms with Crippen LogP contribution in [0.4, 0.5) is 0 Å². The highest BCUT2D eigenvalue weighted by molar-refractivity contribution is 7.25. The average Bonchev–Trinajstić information content (AvgIpc) is 3.48. The Morgan fingerprint density at radius 3 is 2.57 bits per heavy atom. The minimum Gasteiger partial charge on any atom is -0.346 e. The molecule has 3 aromatic rings. The SMILES string of the molecule is CC#Cc1ccc2sc3ccc([C@]4(C5CC5)CC(=O)N(C)C(=N)N4)cc3c2c1. The lowest BCUT2D eigenvalue weighted by atomic mass is 9.79. The minimum absolute atomic E-state index is 0.00595. The van der Waals surface area contributed by atoms with E-state index in [1.165, 1.54) is 25.1 Å². The van der Waals surface area contributed by atoms with Crippen molar-refractivity contribution in [1.29, 1.82) is 5.41 Å². The smallest absolute Gasteiger partial charge is 0.231 e. The molecule has 2 heterocycles. The van der Waals surface area contributed by atoms with Crippen molar-refractivity contribution in [3.05, 3.63) is 47.5 Å². The molecule has 1 saturated heterocycles. The predicted molar refractivity (Wildman–Crippen MR) is 115 cm³/mol. The van der Waals surface area contributed by atoms with Crippen LogP contribution in [-0.4, -0.2) is 23.8 Å². The molecule has 4 nitrogen and oxygen atoms in total. The lowest BCUT2D eigenvalue weighted by Crippen LogP contribution is -2.60. The molecule has 0 bridgehead atoms. The summed E-state index contributed by atoms with van der Waals surface area (Å²) in [6.45, 7) is 1.85. The van der Waals surface area contributed by atoms with E-state index in [2.05, 4.69) is 53.6 Å². The van der Waals surface area contributed by atoms with Crippen LogP contribution < -0.4 is 5.32 Å². The van der Waals surface area contributed by atoms with Crippen molar-refractivity contribution >= 4 is 43.4 Å². The van der Waals surface area contributed by atoms with Crippen LogP contribution in [0.3, 0.4) is 0 Å². The highest BCUT2D eigenvalue weighted by atomic mass is 32.1. The van der Waals surface area contributed by atoms with Gasteiger partial charge in [0.2, 0.25) is 5.91 Å². The van der Waals surface area contributed by atoms with Gasteiger partial charge >= 0.3 is 0 Å². The van der Waals surface area contributed by atoms with Crippen LogP contribution in [0.15, 0.2) is 36.4 Å². The molecule has 1 aromatic heterocycles. The zero-order valence-corrected chi connectivity index (χ0v) is 16.7. The van der Waals surface area contributed by atoms with Crippen molar-refractivity contribution in [3.63, 3.8) is 0 Å². The lowest BCUT2D eigenvalue weighted by Gasteiger charge is -2.42. The molecule has 1 aliphatic carbocycles. The van der Waals surface area contributed by atoms with E-state index >= 15 is 0 Å². The second-order valence-electron chi connectivity index (χ2n) is 7.75. The number of hydrogen-bond donors (Lipinski definition) is 2. The number of thiophene rings is 1. The lowest BCUT2D eigenvalue weighted by molar-refractivity contribution is -0.130. The maximum absolute atomic E-state index is 12.6. The quantitative estimate of drug-likeness (QED) is 0.640. The Morgan fingerprint density at radius 1 is 1.18 bits per heavy atom. The van der Waals surface area contributed by atoms with Gasteiger partial charge in [0.05, 0.1) is 12.0 Å². The number of nitrogens with one attached hydrogen (secondary N) is 2. The van der Waals surface area contributed by atoms with E-state index in [1.807, 2.05) is 6.92 Å². The first-order chi connectivity index (χ1) is 13.5. The molecule has 1 saturated carbocycles. The molecule has 140 valence electrons. The van der Waals surface area contributed by atoms with Gasteiger partial charge in [-0.3, -0.25) is 15.1 Å². The van der Waals surface area contributed by atoms with Crippen LogP contribution in [0, 0.1) is 23.2 Å². The number of hydrogen-bond acceptors (Lipinski definition) is 3. The fourth-order valence-electron chi connectivity index (χ4n) is 4.33. The molecule has 2 aliphatic rings. The first kappa shape index (κ1) is 17.3. The summed E-state index contributed by atoms with van der Waals surface area (Å²) >= 11 is 1.78. The maximum Gasteiger partial charge on any atom is 0.231 e. The second-order valence-corrected chi connectivity index (χ2v) is 8.83. The summed E-state index contributed by atoms with van der Waals surface area (Å²) in [6, 6.07) is 12.9. The van der Waals surface area contributed by atoms with Crippen LogP contribution in [0.2, 0.25) is 0 Å². The number of amides is 1. The number of guanidine groups is 1. The fraction of sp³-hybridized carbons (Fsp3) is 0.304. The number of carbonyl (C=O) groups is 1. The fourth-order valence-corrected chi connectivity index (χ4v) is 5.40. The van der Waals surface area contributed by atoms with E-state index in [-0.39, 0.29) is 11.9 Å². The third-order valence-electron chi connectivity index (χ3n) is 6.01. The van der Waals surface area contributed by atoms with Gasteiger partial charge in [-0.2, -0.15) is 0 Å². The highest BCUT2D eigenvalue weighted by Crippen LogP contribution is 2.50. The number of nitrogens with zero attached hydrogens (tertiary/aromatic N) is 1. The standard InChI is InChI=1S/C23H21N3OS/c1-3-4-14-5-9-19-17(11-14)18-12-16(8-10-20(18)28-19)23(15-6-7-15)13-21(27)26(2)22(24)25-23/h5,8-12,15H,6-7,13H2,1-2H3,(H2,24,25)/t23-/m1/s1. The molecule has 2 fully saturated rings. The van der Waals surface area contributed by atoms with Crippen molar-refractivity contribution in [3.8, 4) is 11.8 Å². The molecule has 28 heavy (non-hydrogen) atoms. The molecule has 2 aromatic carbocycles. The zero-order chi connectivity index (χ0) is 19.5. The normalized spacial score (nSPS) is 22.3. The highest BCUT2D eigenvalue weighted by Gasteiger charge is 2.51. The monoisotopic (exact) mass is 387 g/mol. The Labute approximate surface area is 168 Å². The van der Waals surface area contributed by atoms with Crippen molar-refractivity contribution in [2.75, 3.05) is 7.05 Å². The van der Waals surface area contributed by atoms with E-state index in [1.54, 1.807) is 18.4 Å². The second kappa shape index (κ2) is 6.08. The summed E-state index contributed by atoms with van der Waals surface area (Å²) < 4.78 is 2.48. The summed E-state index contributed by atoms with van der Waals surface area (Å²) in [5.74, 6) is 6.72. The molecule has 2 N–H and O–H groups in total. The van der Waals surface area contributed by atoms with Crippen LogP contribution in [0.1, 0.15) is 37.3 Å². The third-order valence-corrected chi connectivity index (χ3v) is 7.16. The molecule has 0 unspecified atom stereocenters. The van der Waals surface area contributed by atoms with Crippen LogP contribution in [-0.2, 0) is 10.3 Å². The molecule has 1 aliphatic heterocycles. The zero-order valence-electron chi connectivity index (χ0n) is 15.9. The molecular formula is C23H21N3OS. The van der Waals surface area contributed by atoms with Gasteiger partial charge in [0.15, 0.2) is 5.96 Å². The Bertz CT molecular complexity index is 1190. The van der Waals surface area contributed by atoms with Gasteiger partial charge in [0, 0.05) is 32.8 Å². The van der Waals surface area contributed by atoms with Gasteiger partial charge in [-0.05, 0) is 61.6 Å². The Balaban J connectivity index is 1.70. The number of fused-ring (bicyclic) bond motifs is 3. The molecule has 1 atom stereocenters. The summed E-state index contributed by atoms with van der Waals surface area (Å²) in [6.07, 6.45) is 2.59. The van der Waals surface area contributed by atoms with E-state index in [9.17, 15) is 4.79 Å². The van der Waals surface area contributed by atoms with Crippen molar-refractivity contribution in [2.45, 2.75) is 31.7 Å². The van der Waals surface area contributed by atoms with Gasteiger partial charge in [-0.25, -0.2) is 0 Å². The topological polar surface area (TPSA) is 56.2 Å². The van der Waals surface area contributed by atoms with Gasteiger partial charge in [-0.15, -0.1) is 17.3 Å². The third kappa shape index (κ3) is 2.52. The summed E-state index contributed by atoms with van der Waals surface area (Å²) in [5, 5.41) is 14.1. The number of rotatable bonds is 2. The first-order valence-electron chi connectivity index (χ1n) is 9.55. The Kier molecular flexibility index (Phi) is 3.75. The van der Waals surface area contributed by atoms with Gasteiger partial charge in [0.1, 0.15) is 0 Å². The largest absolute Gasteiger partial charge is 0.346 e. The van der Waals surface area contributed by atoms with E-state index in [0.29, 0.717) is 12.3 Å². The van der Waals surface area contributed by atoms with Crippen molar-refractivity contribution < 1.29 is 4.79 Å². The summed E-state index contributed by atoms with van der Waals surface area (Å²) in [7, 11) is 1.67. The summed E-state index contributed by atoms with van der Waals surface area (Å²) in [4.78, 5) is 14.0. The van der Waals surface area contributed by atoms with Crippen molar-refractivity contribution in [2.24, 2.45) is 5.92 Å². The molecule has 5 heteroatoms. The van der Waals surface area contributed by atoms with Crippen LogP contribution in [0.5, 0.6) is 0 Å². The Hall–Kier alpha value is -2.84. The molecule has 0 radical (unpaired) electrons. The molecule has 5 rings (SSSR count).